The van der Waals surface area contributed by atoms with Crippen LogP contribution in [0.4, 0.5) is 47.3 Å². The summed E-state index contributed by atoms with van der Waals surface area (Å²) in [6.45, 7) is 0. The summed E-state index contributed by atoms with van der Waals surface area (Å²) in [5, 5.41) is 0. The van der Waals surface area contributed by atoms with Gasteiger partial charge in [-0.05, 0) is 86.8 Å². The number of hydrogen-bond donors (Lipinski definition) is 0. The standard InChI is InChI=1S/2C15H13F3N2O2/c2*16-15(17,18)9-2-1-3-10(7-9)20-13(21)12-8-4-5-11(6-8)19(12)14(20)22/h2*1-3,7-8,11-12H,4-6H2/t2*8?,11?,12-/m10/s1. The third-order valence-electron chi connectivity index (χ3n) is 9.80. The summed E-state index contributed by atoms with van der Waals surface area (Å²) < 4.78 is 76.9. The second-order valence-corrected chi connectivity index (χ2v) is 12.2. The Morgan fingerprint density at radius 1 is 0.568 bits per heavy atom. The van der Waals surface area contributed by atoms with Crippen molar-refractivity contribution >= 4 is 35.3 Å². The topological polar surface area (TPSA) is 81.2 Å². The number of benzene rings is 2. The second kappa shape index (κ2) is 9.70. The number of piperidine rings is 2. The Bertz CT molecular complexity index is 1410. The van der Waals surface area contributed by atoms with Gasteiger partial charge >= 0.3 is 24.4 Å². The van der Waals surface area contributed by atoms with E-state index in [2.05, 4.69) is 0 Å². The molecule has 4 aliphatic heterocycles. The fourth-order valence-electron chi connectivity index (χ4n) is 7.96. The molecule has 4 bridgehead atoms. The zero-order valence-electron chi connectivity index (χ0n) is 23.0. The molecule has 8 nitrogen and oxygen atoms in total. The Hall–Kier alpha value is -4.10. The Kier molecular flexibility index (Phi) is 6.32. The van der Waals surface area contributed by atoms with E-state index in [1.807, 2.05) is 0 Å². The van der Waals surface area contributed by atoms with Crippen molar-refractivity contribution < 1.29 is 45.5 Å². The maximum atomic E-state index is 12.8. The van der Waals surface area contributed by atoms with Crippen molar-refractivity contribution in [3.8, 4) is 0 Å². The summed E-state index contributed by atoms with van der Waals surface area (Å²) in [4.78, 5) is 55.0. The van der Waals surface area contributed by atoms with Crippen molar-refractivity contribution in [2.24, 2.45) is 11.8 Å². The molecule has 14 heteroatoms. The Labute approximate surface area is 247 Å². The summed E-state index contributed by atoms with van der Waals surface area (Å²) in [7, 11) is 0. The number of alkyl halides is 6. The van der Waals surface area contributed by atoms with E-state index in [1.54, 1.807) is 9.80 Å². The molecule has 4 heterocycles. The van der Waals surface area contributed by atoms with E-state index in [0.717, 1.165) is 72.6 Å². The maximum absolute atomic E-state index is 12.8. The highest BCUT2D eigenvalue weighted by Crippen LogP contribution is 2.49. The number of fused-ring (bicyclic) bond motifs is 10. The van der Waals surface area contributed by atoms with Gasteiger partial charge in [-0.1, -0.05) is 12.1 Å². The number of nitrogens with zero attached hydrogens (tertiary/aromatic N) is 4. The van der Waals surface area contributed by atoms with Gasteiger partial charge in [0.15, 0.2) is 0 Å². The van der Waals surface area contributed by atoms with Gasteiger partial charge in [0.1, 0.15) is 12.1 Å². The minimum absolute atomic E-state index is 0.00127. The van der Waals surface area contributed by atoms with Crippen LogP contribution >= 0.6 is 0 Å². The molecule has 4 saturated heterocycles. The van der Waals surface area contributed by atoms with Crippen molar-refractivity contribution in [3.63, 3.8) is 0 Å². The Morgan fingerprint density at radius 3 is 1.30 bits per heavy atom. The highest BCUT2D eigenvalue weighted by Gasteiger charge is 2.60. The first-order chi connectivity index (χ1) is 20.8. The van der Waals surface area contributed by atoms with Gasteiger partial charge in [0.05, 0.1) is 22.5 Å². The van der Waals surface area contributed by atoms with E-state index in [4.69, 9.17) is 0 Å². The number of amides is 6. The van der Waals surface area contributed by atoms with Gasteiger partial charge in [-0.25, -0.2) is 19.4 Å². The summed E-state index contributed by atoms with van der Waals surface area (Å²) in [6, 6.07) is 6.94. The monoisotopic (exact) mass is 620 g/mol. The smallest absolute Gasteiger partial charge is 0.309 e. The minimum atomic E-state index is -4.50. The maximum Gasteiger partial charge on any atom is 0.416 e. The van der Waals surface area contributed by atoms with Crippen molar-refractivity contribution in [3.05, 3.63) is 59.7 Å². The predicted molar refractivity (Wildman–Crippen MR) is 142 cm³/mol. The molecule has 2 saturated carbocycles. The molecule has 44 heavy (non-hydrogen) atoms. The van der Waals surface area contributed by atoms with Gasteiger partial charge in [0, 0.05) is 12.1 Å². The molecule has 2 aliphatic carbocycles. The Balaban J connectivity index is 0.000000142. The number of hydrogen-bond acceptors (Lipinski definition) is 4. The van der Waals surface area contributed by atoms with Crippen LogP contribution in [0.1, 0.15) is 49.7 Å². The summed E-state index contributed by atoms with van der Waals surface area (Å²) in [6.07, 6.45) is -3.79. The van der Waals surface area contributed by atoms with Gasteiger partial charge in [-0.15, -0.1) is 0 Å². The molecular formula is C30H26F6N4O4. The molecule has 232 valence electrons. The predicted octanol–water partition coefficient (Wildman–Crippen LogP) is 6.05. The SMILES string of the molecule is O=C1[C@@H]2C3CCC(C3)N2C(=O)N1c1cccc(C(F)(F)F)c1.O=C1[C@H]2C3CCC(C3)N2C(=O)N1c1cccc(C(F)(F)F)c1. The lowest BCUT2D eigenvalue weighted by atomic mass is 9.99. The van der Waals surface area contributed by atoms with Crippen LogP contribution in [0.15, 0.2) is 48.5 Å². The molecule has 0 radical (unpaired) electrons. The quantitative estimate of drug-likeness (QED) is 0.303. The second-order valence-electron chi connectivity index (χ2n) is 12.2. The third kappa shape index (κ3) is 4.27. The molecule has 6 amide bonds. The zero-order valence-corrected chi connectivity index (χ0v) is 23.0. The zero-order chi connectivity index (χ0) is 31.3. The molecule has 6 aliphatic rings. The molecule has 6 atom stereocenters. The fourth-order valence-corrected chi connectivity index (χ4v) is 7.96. The number of imide groups is 2. The number of carbonyl (C=O) groups excluding carboxylic acids is 4. The van der Waals surface area contributed by atoms with Gasteiger partial charge < -0.3 is 9.80 Å². The molecule has 0 spiro atoms. The number of anilines is 2. The first-order valence-electron chi connectivity index (χ1n) is 14.4. The van der Waals surface area contributed by atoms with E-state index in [1.165, 1.54) is 24.3 Å². The Morgan fingerprint density at radius 2 is 0.955 bits per heavy atom. The van der Waals surface area contributed by atoms with Crippen molar-refractivity contribution in [1.82, 2.24) is 9.80 Å². The number of halogens is 6. The van der Waals surface area contributed by atoms with Crippen molar-refractivity contribution in [2.45, 2.75) is 75.0 Å². The van der Waals surface area contributed by atoms with E-state index in [-0.39, 0.29) is 35.3 Å². The van der Waals surface area contributed by atoms with Gasteiger partial charge in [0.25, 0.3) is 11.8 Å². The third-order valence-corrected chi connectivity index (χ3v) is 9.80. The van der Waals surface area contributed by atoms with Crippen LogP contribution in [0, 0.1) is 11.8 Å². The summed E-state index contributed by atoms with van der Waals surface area (Å²) in [5.41, 5.74) is -1.72. The first kappa shape index (κ1) is 28.7. The molecule has 0 aromatic heterocycles. The van der Waals surface area contributed by atoms with Crippen LogP contribution in [0.25, 0.3) is 0 Å². The average molecular weight is 621 g/mol. The summed E-state index contributed by atoms with van der Waals surface area (Å²) >= 11 is 0. The van der Waals surface area contributed by atoms with Crippen LogP contribution in [0.2, 0.25) is 0 Å². The number of urea groups is 2. The molecule has 8 rings (SSSR count). The lowest BCUT2D eigenvalue weighted by Crippen LogP contribution is -2.40. The summed E-state index contributed by atoms with van der Waals surface area (Å²) in [5.74, 6) is -0.484. The normalized spacial score (nSPS) is 30.4. The van der Waals surface area contributed by atoms with E-state index >= 15 is 0 Å². The molecule has 6 fully saturated rings. The van der Waals surface area contributed by atoms with E-state index in [9.17, 15) is 45.5 Å². The largest absolute Gasteiger partial charge is 0.416 e. The molecule has 4 unspecified atom stereocenters. The lowest BCUT2D eigenvalue weighted by molar-refractivity contribution is -0.138. The minimum Gasteiger partial charge on any atom is -0.309 e. The first-order valence-corrected chi connectivity index (χ1v) is 14.4. The van der Waals surface area contributed by atoms with E-state index in [0.29, 0.717) is 0 Å². The van der Waals surface area contributed by atoms with E-state index < -0.39 is 59.4 Å². The van der Waals surface area contributed by atoms with Crippen LogP contribution in [0.5, 0.6) is 0 Å². The van der Waals surface area contributed by atoms with Crippen LogP contribution in [-0.4, -0.2) is 57.8 Å². The van der Waals surface area contributed by atoms with Gasteiger partial charge in [-0.2, -0.15) is 26.3 Å². The lowest BCUT2D eigenvalue weighted by Gasteiger charge is -2.25. The van der Waals surface area contributed by atoms with Gasteiger partial charge in [-0.3, -0.25) is 9.59 Å². The van der Waals surface area contributed by atoms with Crippen molar-refractivity contribution in [2.75, 3.05) is 9.80 Å². The highest BCUT2D eigenvalue weighted by atomic mass is 19.4. The van der Waals surface area contributed by atoms with Crippen LogP contribution in [-0.2, 0) is 21.9 Å². The van der Waals surface area contributed by atoms with Crippen molar-refractivity contribution in [1.29, 1.82) is 0 Å². The fraction of sp³-hybridized carbons (Fsp3) is 0.467. The van der Waals surface area contributed by atoms with Gasteiger partial charge in [0.2, 0.25) is 0 Å². The number of rotatable bonds is 2. The molecule has 2 aromatic rings. The molecular weight excluding hydrogens is 594 g/mol. The molecule has 2 aromatic carbocycles. The highest BCUT2D eigenvalue weighted by molar-refractivity contribution is 6.22. The average Bonchev–Trinajstić information content (AvgIpc) is 3.81. The van der Waals surface area contributed by atoms with Crippen LogP contribution in [0.3, 0.4) is 0 Å². The molecule has 0 N–H and O–H groups in total. The number of carbonyl (C=O) groups is 4. The van der Waals surface area contributed by atoms with Crippen LogP contribution < -0.4 is 9.80 Å².